The highest BCUT2D eigenvalue weighted by Crippen LogP contribution is 2.59. The van der Waals surface area contributed by atoms with Gasteiger partial charge in [-0.25, -0.2) is 0 Å². The highest BCUT2D eigenvalue weighted by atomic mass is 16.5. The molecule has 10 heteroatoms. The second-order valence-electron chi connectivity index (χ2n) is 12.5. The third kappa shape index (κ3) is 7.19. The molecular weight excluding hydrogens is 636 g/mol. The van der Waals surface area contributed by atoms with Crippen molar-refractivity contribution >= 4 is 23.8 Å². The van der Waals surface area contributed by atoms with Crippen molar-refractivity contribution in [2.45, 2.75) is 52.6 Å². The van der Waals surface area contributed by atoms with Gasteiger partial charge in [-0.05, 0) is 85.3 Å². The molecule has 1 aliphatic carbocycles. The van der Waals surface area contributed by atoms with Crippen LogP contribution in [0.15, 0.2) is 109 Å². The van der Waals surface area contributed by atoms with Gasteiger partial charge >= 0.3 is 11.9 Å². The molecule has 2 amide bonds. The minimum Gasteiger partial charge on any atom is -0.480 e. The first-order valence-corrected chi connectivity index (χ1v) is 16.8. The quantitative estimate of drug-likeness (QED) is 0.117. The Hall–Kier alpha value is -5.64. The van der Waals surface area contributed by atoms with E-state index in [-0.39, 0.29) is 39.0 Å². The van der Waals surface area contributed by atoms with Crippen molar-refractivity contribution in [1.29, 1.82) is 0 Å². The first-order valence-electron chi connectivity index (χ1n) is 16.8. The Morgan fingerprint density at radius 2 is 0.860 bits per heavy atom. The molecule has 0 heterocycles. The molecule has 10 nitrogen and oxygen atoms in total. The molecule has 2 N–H and O–H groups in total. The van der Waals surface area contributed by atoms with Crippen LogP contribution in [-0.2, 0) is 32.3 Å². The highest BCUT2D eigenvalue weighted by molar-refractivity contribution is 6.18. The topological polar surface area (TPSA) is 134 Å². The van der Waals surface area contributed by atoms with E-state index in [0.717, 1.165) is 0 Å². The number of rotatable bonds is 16. The van der Waals surface area contributed by atoms with Crippen LogP contribution < -0.4 is 9.47 Å². The summed E-state index contributed by atoms with van der Waals surface area (Å²) in [6, 6.07) is 32.6. The molecular formula is C40H42N2O8. The Kier molecular flexibility index (Phi) is 11.2. The van der Waals surface area contributed by atoms with Crippen molar-refractivity contribution in [3.8, 4) is 23.0 Å². The third-order valence-electron chi connectivity index (χ3n) is 9.18. The number of carboxylic acids is 2. The molecule has 0 bridgehead atoms. The van der Waals surface area contributed by atoms with Gasteiger partial charge in [-0.2, -0.15) is 0 Å². The Morgan fingerprint density at radius 1 is 0.540 bits per heavy atom. The van der Waals surface area contributed by atoms with Crippen LogP contribution >= 0.6 is 0 Å². The molecule has 0 saturated heterocycles. The van der Waals surface area contributed by atoms with Gasteiger partial charge in [-0.1, -0.05) is 74.5 Å². The van der Waals surface area contributed by atoms with E-state index in [2.05, 4.69) is 0 Å². The molecule has 1 fully saturated rings. The van der Waals surface area contributed by atoms with E-state index in [1.807, 2.05) is 74.5 Å². The summed E-state index contributed by atoms with van der Waals surface area (Å²) >= 11 is 0. The first kappa shape index (κ1) is 35.7. The number of benzene rings is 4. The van der Waals surface area contributed by atoms with Crippen molar-refractivity contribution in [3.63, 3.8) is 0 Å². The number of carbonyl (C=O) groups excluding carboxylic acids is 2. The molecule has 2 atom stereocenters. The van der Waals surface area contributed by atoms with Gasteiger partial charge in [0.15, 0.2) is 10.8 Å². The lowest BCUT2D eigenvalue weighted by Crippen LogP contribution is -2.72. The summed E-state index contributed by atoms with van der Waals surface area (Å²) < 4.78 is 11.7. The van der Waals surface area contributed by atoms with Gasteiger partial charge in [-0.15, -0.1) is 0 Å². The number of para-hydroxylation sites is 2. The van der Waals surface area contributed by atoms with Gasteiger partial charge < -0.3 is 29.5 Å². The summed E-state index contributed by atoms with van der Waals surface area (Å²) in [5, 5.41) is 21.4. The van der Waals surface area contributed by atoms with E-state index in [9.17, 15) is 29.4 Å². The predicted molar refractivity (Wildman–Crippen MR) is 187 cm³/mol. The van der Waals surface area contributed by atoms with Crippen LogP contribution in [0.3, 0.4) is 0 Å². The summed E-state index contributed by atoms with van der Waals surface area (Å²) in [5.41, 5.74) is -3.54. The summed E-state index contributed by atoms with van der Waals surface area (Å²) in [6.07, 6.45) is 0.455. The van der Waals surface area contributed by atoms with E-state index in [0.29, 0.717) is 47.0 Å². The van der Waals surface area contributed by atoms with Gasteiger partial charge in [0.1, 0.15) is 23.0 Å². The number of nitrogens with zero attached hydrogens (tertiary/aromatic N) is 2. The van der Waals surface area contributed by atoms with E-state index < -0.39 is 34.6 Å². The van der Waals surface area contributed by atoms with Crippen molar-refractivity contribution in [3.05, 3.63) is 120 Å². The Morgan fingerprint density at radius 3 is 1.14 bits per heavy atom. The smallest absolute Gasteiger partial charge is 0.320 e. The predicted octanol–water partition coefficient (Wildman–Crippen LogP) is 7.38. The minimum atomic E-state index is -2.47. The third-order valence-corrected chi connectivity index (χ3v) is 9.18. The lowest BCUT2D eigenvalue weighted by atomic mass is 9.47. The summed E-state index contributed by atoms with van der Waals surface area (Å²) in [6.45, 7) is 4.12. The number of carboxylic acid groups (broad SMARTS) is 2. The van der Waals surface area contributed by atoms with Crippen LogP contribution in [0.25, 0.3) is 0 Å². The lowest BCUT2D eigenvalue weighted by Gasteiger charge is -2.53. The van der Waals surface area contributed by atoms with Gasteiger partial charge in [0.05, 0.1) is 0 Å². The van der Waals surface area contributed by atoms with E-state index in [1.54, 1.807) is 48.5 Å². The average Bonchev–Trinajstić information content (AvgIpc) is 3.10. The number of carbonyl (C=O) groups is 4. The number of aliphatic carboxylic acids is 2. The van der Waals surface area contributed by atoms with Crippen LogP contribution in [0.2, 0.25) is 0 Å². The lowest BCUT2D eigenvalue weighted by molar-refractivity contribution is -0.206. The second kappa shape index (κ2) is 15.7. The molecule has 5 rings (SSSR count). The fourth-order valence-electron chi connectivity index (χ4n) is 6.57. The highest BCUT2D eigenvalue weighted by Gasteiger charge is 2.77. The second-order valence-corrected chi connectivity index (χ2v) is 12.5. The zero-order valence-corrected chi connectivity index (χ0v) is 28.3. The molecule has 4 aromatic carbocycles. The number of ether oxygens (including phenoxy) is 2. The molecule has 1 aliphatic rings. The fourth-order valence-corrected chi connectivity index (χ4v) is 6.57. The normalized spacial score (nSPS) is 18.0. The van der Waals surface area contributed by atoms with E-state index in [1.165, 1.54) is 9.80 Å². The standard InChI is InChI=1S/C40H42N2O8/c1-3-25-41(27-29-15-19-33(20-16-29)49-31-11-7-5-8-12-31)35(43)39(37(45)46)23-24-40(39,38(47)48)36(44)42(26-4-2)28-30-17-21-34(22-18-30)50-32-13-9-6-10-14-32/h5-22H,3-4,23-28H2,1-2H3,(H,45,46)(H,47,48). The molecule has 1 saturated carbocycles. The van der Waals surface area contributed by atoms with Gasteiger partial charge in [0.2, 0.25) is 11.8 Å². The van der Waals surface area contributed by atoms with Gasteiger partial charge in [0, 0.05) is 26.2 Å². The van der Waals surface area contributed by atoms with E-state index in [4.69, 9.17) is 9.47 Å². The van der Waals surface area contributed by atoms with Crippen molar-refractivity contribution in [2.75, 3.05) is 13.1 Å². The fraction of sp³-hybridized carbons (Fsp3) is 0.300. The van der Waals surface area contributed by atoms with Gasteiger partial charge in [0.25, 0.3) is 0 Å². The minimum absolute atomic E-state index is 0.0350. The molecule has 0 aliphatic heterocycles. The number of amides is 2. The number of hydrogen-bond donors (Lipinski definition) is 2. The van der Waals surface area contributed by atoms with Crippen LogP contribution in [0, 0.1) is 10.8 Å². The molecule has 50 heavy (non-hydrogen) atoms. The Labute approximate surface area is 291 Å². The summed E-state index contributed by atoms with van der Waals surface area (Å²) in [4.78, 5) is 57.9. The van der Waals surface area contributed by atoms with Crippen molar-refractivity contribution in [1.82, 2.24) is 9.80 Å². The van der Waals surface area contributed by atoms with Crippen LogP contribution in [0.1, 0.15) is 50.7 Å². The maximum Gasteiger partial charge on any atom is 0.320 e. The zero-order chi connectivity index (χ0) is 35.7. The van der Waals surface area contributed by atoms with Gasteiger partial charge in [-0.3, -0.25) is 19.2 Å². The summed E-state index contributed by atoms with van der Waals surface area (Å²) in [7, 11) is 0. The molecule has 260 valence electrons. The average molecular weight is 679 g/mol. The summed E-state index contributed by atoms with van der Waals surface area (Å²) in [5.74, 6) is -2.49. The molecule has 0 spiro atoms. The number of hydrogen-bond acceptors (Lipinski definition) is 6. The molecule has 0 aromatic heterocycles. The Bertz CT molecular complexity index is 1650. The zero-order valence-electron chi connectivity index (χ0n) is 28.3. The van der Waals surface area contributed by atoms with Crippen molar-refractivity contribution < 1.29 is 38.9 Å². The first-order chi connectivity index (χ1) is 24.1. The molecule has 2 unspecified atom stereocenters. The molecule has 0 radical (unpaired) electrons. The Balaban J connectivity index is 1.38. The largest absolute Gasteiger partial charge is 0.480 e. The van der Waals surface area contributed by atoms with Crippen molar-refractivity contribution in [2.24, 2.45) is 10.8 Å². The maximum absolute atomic E-state index is 14.4. The monoisotopic (exact) mass is 678 g/mol. The van der Waals surface area contributed by atoms with Crippen LogP contribution in [-0.4, -0.2) is 56.9 Å². The maximum atomic E-state index is 14.4. The van der Waals surface area contributed by atoms with Crippen LogP contribution in [0.5, 0.6) is 23.0 Å². The van der Waals surface area contributed by atoms with Crippen LogP contribution in [0.4, 0.5) is 0 Å². The SMILES string of the molecule is CCCN(Cc1ccc(Oc2ccccc2)cc1)C(=O)C1(C(=O)O)CCC1(C(=O)O)C(=O)N(CCC)Cc1ccc(Oc2ccccc2)cc1. The van der Waals surface area contributed by atoms with E-state index >= 15 is 0 Å². The molecule has 4 aromatic rings.